The molecule has 0 aliphatic rings. The molecule has 0 N–H and O–H groups in total. The zero-order valence-electron chi connectivity index (χ0n) is 12.1. The van der Waals surface area contributed by atoms with Crippen LogP contribution in [0.4, 0.5) is 0 Å². The largest absolute Gasteiger partial charge is 0.475 e. The molecule has 0 bridgehead atoms. The molecule has 0 saturated carbocycles. The van der Waals surface area contributed by atoms with Crippen LogP contribution in [0, 0.1) is 6.92 Å². The molecule has 2 aromatic heterocycles. The number of thiophene rings is 1. The second-order valence-corrected chi connectivity index (χ2v) is 5.74. The van der Waals surface area contributed by atoms with Crippen molar-refractivity contribution in [2.75, 3.05) is 20.3 Å². The van der Waals surface area contributed by atoms with Crippen LogP contribution >= 0.6 is 11.3 Å². The van der Waals surface area contributed by atoms with Crippen LogP contribution in [-0.2, 0) is 4.74 Å². The van der Waals surface area contributed by atoms with E-state index in [-0.39, 0.29) is 0 Å². The molecule has 108 valence electrons. The maximum Gasteiger partial charge on any atom is 0.213 e. The van der Waals surface area contributed by atoms with Gasteiger partial charge in [-0.05, 0) is 23.9 Å². The highest BCUT2D eigenvalue weighted by Gasteiger charge is 2.10. The molecule has 2 heterocycles. The van der Waals surface area contributed by atoms with Gasteiger partial charge in [0.1, 0.15) is 6.61 Å². The molecule has 3 rings (SSSR count). The Labute approximate surface area is 128 Å². The topological polar surface area (TPSA) is 31.4 Å². The smallest absolute Gasteiger partial charge is 0.213 e. The van der Waals surface area contributed by atoms with Gasteiger partial charge < -0.3 is 9.47 Å². The molecule has 3 aromatic rings. The highest BCUT2D eigenvalue weighted by molar-refractivity contribution is 7.17. The molecule has 0 radical (unpaired) electrons. The highest BCUT2D eigenvalue weighted by atomic mass is 32.1. The molecule has 0 fully saturated rings. The molecular formula is C17H17NO2S. The Bertz CT molecular complexity index is 751. The van der Waals surface area contributed by atoms with E-state index in [2.05, 4.69) is 41.6 Å². The van der Waals surface area contributed by atoms with Crippen molar-refractivity contribution in [3.05, 3.63) is 47.5 Å². The van der Waals surface area contributed by atoms with Crippen molar-refractivity contribution in [1.29, 1.82) is 0 Å². The van der Waals surface area contributed by atoms with Crippen LogP contribution in [0.3, 0.4) is 0 Å². The first-order chi connectivity index (χ1) is 10.3. The maximum atomic E-state index is 5.55. The Balaban J connectivity index is 1.92. The van der Waals surface area contributed by atoms with Gasteiger partial charge in [0, 0.05) is 40.6 Å². The van der Waals surface area contributed by atoms with Gasteiger partial charge in [0.2, 0.25) is 5.88 Å². The summed E-state index contributed by atoms with van der Waals surface area (Å²) in [6.45, 7) is 3.17. The van der Waals surface area contributed by atoms with Crippen LogP contribution in [0.25, 0.3) is 21.2 Å². The summed E-state index contributed by atoms with van der Waals surface area (Å²) in [5, 5.41) is 3.47. The van der Waals surface area contributed by atoms with Crippen molar-refractivity contribution in [2.45, 2.75) is 6.92 Å². The van der Waals surface area contributed by atoms with Crippen LogP contribution in [0.5, 0.6) is 5.88 Å². The second-order valence-electron chi connectivity index (χ2n) is 4.82. The molecule has 3 nitrogen and oxygen atoms in total. The number of fused-ring (bicyclic) bond motifs is 1. The van der Waals surface area contributed by atoms with E-state index in [0.29, 0.717) is 19.1 Å². The number of aromatic nitrogens is 1. The normalized spacial score (nSPS) is 11.0. The number of ether oxygens (including phenoxy) is 2. The number of nitrogens with zero attached hydrogens (tertiary/aromatic N) is 1. The molecule has 1 aromatic carbocycles. The van der Waals surface area contributed by atoms with Crippen LogP contribution in [-0.4, -0.2) is 25.3 Å². The van der Waals surface area contributed by atoms with Gasteiger partial charge in [-0.1, -0.05) is 18.2 Å². The van der Waals surface area contributed by atoms with Crippen molar-refractivity contribution in [3.8, 4) is 17.0 Å². The van der Waals surface area contributed by atoms with Crippen LogP contribution in [0.15, 0.2) is 41.9 Å². The standard InChI is InChI=1S/C17H17NO2S/c1-12-9-17(20-8-7-19-2)18-10-14(12)15-11-21-16-6-4-3-5-13(15)16/h3-6,9-11H,7-8H2,1-2H3. The SMILES string of the molecule is COCCOc1cc(C)c(-c2csc3ccccc23)cn1. The summed E-state index contributed by atoms with van der Waals surface area (Å²) >= 11 is 1.76. The van der Waals surface area contributed by atoms with Gasteiger partial charge in [0.05, 0.1) is 6.61 Å². The second kappa shape index (κ2) is 6.24. The molecule has 0 unspecified atom stereocenters. The van der Waals surface area contributed by atoms with Crippen molar-refractivity contribution in [1.82, 2.24) is 4.98 Å². The lowest BCUT2D eigenvalue weighted by molar-refractivity contribution is 0.143. The van der Waals surface area contributed by atoms with Crippen LogP contribution in [0.2, 0.25) is 0 Å². The predicted molar refractivity (Wildman–Crippen MR) is 87.2 cm³/mol. The summed E-state index contributed by atoms with van der Waals surface area (Å²) in [5.41, 5.74) is 3.57. The van der Waals surface area contributed by atoms with E-state index < -0.39 is 0 Å². The van der Waals surface area contributed by atoms with E-state index in [1.165, 1.54) is 21.2 Å². The number of rotatable bonds is 5. The fraction of sp³-hybridized carbons (Fsp3) is 0.235. The predicted octanol–water partition coefficient (Wildman–Crippen LogP) is 4.30. The highest BCUT2D eigenvalue weighted by Crippen LogP contribution is 2.35. The number of hydrogen-bond donors (Lipinski definition) is 0. The zero-order chi connectivity index (χ0) is 14.7. The molecular weight excluding hydrogens is 282 g/mol. The molecule has 0 atom stereocenters. The van der Waals surface area contributed by atoms with Crippen LogP contribution in [0.1, 0.15) is 5.56 Å². The third-order valence-electron chi connectivity index (χ3n) is 3.39. The number of pyridine rings is 1. The first-order valence-corrected chi connectivity index (χ1v) is 7.72. The van der Waals surface area contributed by atoms with E-state index in [9.17, 15) is 0 Å². The fourth-order valence-electron chi connectivity index (χ4n) is 2.31. The average molecular weight is 299 g/mol. The third-order valence-corrected chi connectivity index (χ3v) is 4.36. The van der Waals surface area contributed by atoms with Crippen molar-refractivity contribution >= 4 is 21.4 Å². The third kappa shape index (κ3) is 2.91. The molecule has 0 spiro atoms. The number of benzene rings is 1. The number of aryl methyl sites for hydroxylation is 1. The van der Waals surface area contributed by atoms with Gasteiger partial charge in [-0.25, -0.2) is 4.98 Å². The monoisotopic (exact) mass is 299 g/mol. The Morgan fingerprint density at radius 3 is 2.81 bits per heavy atom. The van der Waals surface area contributed by atoms with E-state index in [1.807, 2.05) is 12.3 Å². The molecule has 0 amide bonds. The molecule has 0 saturated heterocycles. The molecule has 0 aliphatic heterocycles. The van der Waals surface area contributed by atoms with E-state index in [0.717, 1.165) is 5.56 Å². The van der Waals surface area contributed by atoms with Gasteiger partial charge >= 0.3 is 0 Å². The number of hydrogen-bond acceptors (Lipinski definition) is 4. The molecule has 21 heavy (non-hydrogen) atoms. The van der Waals surface area contributed by atoms with E-state index in [1.54, 1.807) is 18.4 Å². The summed E-state index contributed by atoms with van der Waals surface area (Å²) < 4.78 is 11.8. The quantitative estimate of drug-likeness (QED) is 0.658. The van der Waals surface area contributed by atoms with Gasteiger partial charge in [-0.2, -0.15) is 0 Å². The van der Waals surface area contributed by atoms with E-state index in [4.69, 9.17) is 9.47 Å². The fourth-order valence-corrected chi connectivity index (χ4v) is 3.27. The van der Waals surface area contributed by atoms with E-state index >= 15 is 0 Å². The summed E-state index contributed by atoms with van der Waals surface area (Å²) in [6.07, 6.45) is 1.89. The van der Waals surface area contributed by atoms with Gasteiger partial charge in [0.15, 0.2) is 0 Å². The minimum absolute atomic E-state index is 0.518. The minimum atomic E-state index is 0.518. The maximum absolute atomic E-state index is 5.55. The summed E-state index contributed by atoms with van der Waals surface area (Å²) in [6, 6.07) is 10.4. The Hall–Kier alpha value is -1.91. The minimum Gasteiger partial charge on any atom is -0.475 e. The number of methoxy groups -OCH3 is 1. The zero-order valence-corrected chi connectivity index (χ0v) is 12.9. The first-order valence-electron chi connectivity index (χ1n) is 6.84. The molecule has 0 aliphatic carbocycles. The summed E-state index contributed by atoms with van der Waals surface area (Å²) in [4.78, 5) is 4.40. The molecule has 4 heteroatoms. The Kier molecular flexibility index (Phi) is 4.18. The summed E-state index contributed by atoms with van der Waals surface area (Å²) in [5.74, 6) is 0.646. The van der Waals surface area contributed by atoms with Crippen molar-refractivity contribution in [2.24, 2.45) is 0 Å². The average Bonchev–Trinajstić information content (AvgIpc) is 2.92. The van der Waals surface area contributed by atoms with Gasteiger partial charge in [-0.15, -0.1) is 11.3 Å². The lowest BCUT2D eigenvalue weighted by Gasteiger charge is -2.08. The van der Waals surface area contributed by atoms with Gasteiger partial charge in [0.25, 0.3) is 0 Å². The van der Waals surface area contributed by atoms with Crippen molar-refractivity contribution < 1.29 is 9.47 Å². The first kappa shape index (κ1) is 14.0. The Morgan fingerprint density at radius 2 is 2.00 bits per heavy atom. The van der Waals surface area contributed by atoms with Crippen LogP contribution < -0.4 is 4.74 Å². The Morgan fingerprint density at radius 1 is 1.14 bits per heavy atom. The lowest BCUT2D eigenvalue weighted by Crippen LogP contribution is -2.05. The van der Waals surface area contributed by atoms with Crippen molar-refractivity contribution in [3.63, 3.8) is 0 Å². The summed E-state index contributed by atoms with van der Waals surface area (Å²) in [7, 11) is 1.66. The lowest BCUT2D eigenvalue weighted by atomic mass is 10.0. The van der Waals surface area contributed by atoms with Gasteiger partial charge in [-0.3, -0.25) is 0 Å².